The smallest absolute Gasteiger partial charge is 0.245 e. The minimum atomic E-state index is 0.00226. The quantitative estimate of drug-likeness (QED) is 0.793. The largest absolute Gasteiger partial charge is 0.492 e. The summed E-state index contributed by atoms with van der Waals surface area (Å²) in [6.45, 7) is 5.66. The van der Waals surface area contributed by atoms with Crippen molar-refractivity contribution in [3.05, 3.63) is 41.9 Å². The number of para-hydroxylation sites is 1. The zero-order valence-electron chi connectivity index (χ0n) is 10.8. The summed E-state index contributed by atoms with van der Waals surface area (Å²) >= 11 is 6.04. The van der Waals surface area contributed by atoms with Crippen molar-refractivity contribution in [2.75, 3.05) is 19.7 Å². The van der Waals surface area contributed by atoms with E-state index in [9.17, 15) is 4.79 Å². The Morgan fingerprint density at radius 2 is 2.32 bits per heavy atom. The summed E-state index contributed by atoms with van der Waals surface area (Å²) in [6, 6.07) is 7.44. The third kappa shape index (κ3) is 3.74. The molecule has 0 saturated carbocycles. The van der Waals surface area contributed by atoms with Crippen LogP contribution in [0.1, 0.15) is 12.8 Å². The van der Waals surface area contributed by atoms with E-state index in [1.54, 1.807) is 0 Å². The number of halogens is 1. The number of hydrogen-bond acceptors (Lipinski definition) is 2. The monoisotopic (exact) mass is 279 g/mol. The minimum Gasteiger partial charge on any atom is -0.492 e. The van der Waals surface area contributed by atoms with Crippen LogP contribution < -0.4 is 4.74 Å². The molecule has 1 fully saturated rings. The first-order valence-corrected chi connectivity index (χ1v) is 6.87. The fraction of sp³-hybridized carbons (Fsp3) is 0.400. The van der Waals surface area contributed by atoms with Gasteiger partial charge in [-0.15, -0.1) is 0 Å². The van der Waals surface area contributed by atoms with E-state index in [1.165, 1.54) is 6.08 Å². The van der Waals surface area contributed by atoms with Crippen molar-refractivity contribution in [1.29, 1.82) is 0 Å². The van der Waals surface area contributed by atoms with Crippen LogP contribution >= 0.6 is 11.6 Å². The molecule has 1 amide bonds. The van der Waals surface area contributed by atoms with E-state index in [2.05, 4.69) is 6.58 Å². The highest BCUT2D eigenvalue weighted by atomic mass is 35.5. The van der Waals surface area contributed by atoms with E-state index in [-0.39, 0.29) is 5.91 Å². The number of nitrogens with zero attached hydrogens (tertiary/aromatic N) is 1. The van der Waals surface area contributed by atoms with Gasteiger partial charge in [0.15, 0.2) is 0 Å². The van der Waals surface area contributed by atoms with Gasteiger partial charge in [-0.05, 0) is 31.1 Å². The molecule has 0 spiro atoms. The van der Waals surface area contributed by atoms with Crippen molar-refractivity contribution in [2.45, 2.75) is 12.8 Å². The van der Waals surface area contributed by atoms with Gasteiger partial charge in [0.05, 0.1) is 11.6 Å². The Labute approximate surface area is 118 Å². The summed E-state index contributed by atoms with van der Waals surface area (Å²) in [7, 11) is 0. The predicted molar refractivity (Wildman–Crippen MR) is 76.4 cm³/mol. The molecule has 0 N–H and O–H groups in total. The van der Waals surface area contributed by atoms with Crippen LogP contribution in [0.25, 0.3) is 0 Å². The van der Waals surface area contributed by atoms with Crippen molar-refractivity contribution in [1.82, 2.24) is 4.90 Å². The third-order valence-corrected chi connectivity index (χ3v) is 3.63. The number of benzene rings is 1. The molecule has 102 valence electrons. The highest BCUT2D eigenvalue weighted by molar-refractivity contribution is 6.32. The molecule has 1 heterocycles. The second kappa shape index (κ2) is 6.62. The average Bonchev–Trinajstić information content (AvgIpc) is 2.46. The third-order valence-electron chi connectivity index (χ3n) is 3.32. The summed E-state index contributed by atoms with van der Waals surface area (Å²) in [5, 5.41) is 0.623. The van der Waals surface area contributed by atoms with E-state index in [1.807, 2.05) is 29.2 Å². The van der Waals surface area contributed by atoms with E-state index in [4.69, 9.17) is 16.3 Å². The molecule has 1 atom stereocenters. The van der Waals surface area contributed by atoms with Crippen LogP contribution in [-0.4, -0.2) is 30.5 Å². The molecule has 4 heteroatoms. The molecule has 19 heavy (non-hydrogen) atoms. The highest BCUT2D eigenvalue weighted by Crippen LogP contribution is 2.25. The maximum atomic E-state index is 11.6. The Morgan fingerprint density at radius 1 is 1.53 bits per heavy atom. The molecule has 2 rings (SSSR count). The molecule has 0 aliphatic carbocycles. The molecular formula is C15H18ClNO2. The van der Waals surface area contributed by atoms with Crippen LogP contribution in [-0.2, 0) is 4.79 Å². The molecule has 1 aromatic rings. The SMILES string of the molecule is C=CC(=O)N1CCCC(COc2ccccc2Cl)C1. The highest BCUT2D eigenvalue weighted by Gasteiger charge is 2.22. The molecule has 1 unspecified atom stereocenters. The summed E-state index contributed by atoms with van der Waals surface area (Å²) in [5.41, 5.74) is 0. The Morgan fingerprint density at radius 3 is 3.05 bits per heavy atom. The molecule has 1 saturated heterocycles. The lowest BCUT2D eigenvalue weighted by Gasteiger charge is -2.32. The average molecular weight is 280 g/mol. The van der Waals surface area contributed by atoms with Crippen molar-refractivity contribution in [3.8, 4) is 5.75 Å². The van der Waals surface area contributed by atoms with E-state index >= 15 is 0 Å². The lowest BCUT2D eigenvalue weighted by molar-refractivity contribution is -0.127. The number of amides is 1. The maximum Gasteiger partial charge on any atom is 0.245 e. The van der Waals surface area contributed by atoms with Crippen LogP contribution in [0.4, 0.5) is 0 Å². The van der Waals surface area contributed by atoms with Crippen LogP contribution in [0.3, 0.4) is 0 Å². The van der Waals surface area contributed by atoms with Crippen LogP contribution in [0.2, 0.25) is 5.02 Å². The normalized spacial score (nSPS) is 19.0. The van der Waals surface area contributed by atoms with Gasteiger partial charge in [-0.25, -0.2) is 0 Å². The van der Waals surface area contributed by atoms with Crippen LogP contribution in [0.15, 0.2) is 36.9 Å². The summed E-state index contributed by atoms with van der Waals surface area (Å²) in [5.74, 6) is 1.06. The summed E-state index contributed by atoms with van der Waals surface area (Å²) in [4.78, 5) is 13.4. The fourth-order valence-electron chi connectivity index (χ4n) is 2.30. The Kier molecular flexibility index (Phi) is 4.86. The zero-order chi connectivity index (χ0) is 13.7. The number of carbonyl (C=O) groups excluding carboxylic acids is 1. The maximum absolute atomic E-state index is 11.6. The van der Waals surface area contributed by atoms with Gasteiger partial charge in [-0.1, -0.05) is 30.3 Å². The van der Waals surface area contributed by atoms with E-state index < -0.39 is 0 Å². The van der Waals surface area contributed by atoms with Crippen molar-refractivity contribution in [3.63, 3.8) is 0 Å². The first kappa shape index (κ1) is 13.9. The molecule has 1 aliphatic heterocycles. The van der Waals surface area contributed by atoms with E-state index in [0.29, 0.717) is 23.3 Å². The molecule has 0 bridgehead atoms. The lowest BCUT2D eigenvalue weighted by Crippen LogP contribution is -2.40. The van der Waals surface area contributed by atoms with Gasteiger partial charge in [0.2, 0.25) is 5.91 Å². The Hall–Kier alpha value is -1.48. The number of piperidine rings is 1. The standard InChI is InChI=1S/C15H18ClNO2/c1-2-15(18)17-9-5-6-12(10-17)11-19-14-8-4-3-7-13(14)16/h2-4,7-8,12H,1,5-6,9-11H2. The second-order valence-corrected chi connectivity index (χ2v) is 5.15. The van der Waals surface area contributed by atoms with Crippen LogP contribution in [0, 0.1) is 5.92 Å². The topological polar surface area (TPSA) is 29.5 Å². The molecule has 1 aliphatic rings. The number of rotatable bonds is 4. The predicted octanol–water partition coefficient (Wildman–Crippen LogP) is 3.14. The van der Waals surface area contributed by atoms with Crippen LogP contribution in [0.5, 0.6) is 5.75 Å². The van der Waals surface area contributed by atoms with Gasteiger partial charge in [-0.2, -0.15) is 0 Å². The first-order valence-electron chi connectivity index (χ1n) is 6.49. The molecule has 0 radical (unpaired) electrons. The second-order valence-electron chi connectivity index (χ2n) is 4.74. The van der Waals surface area contributed by atoms with Gasteiger partial charge in [0.1, 0.15) is 5.75 Å². The summed E-state index contributed by atoms with van der Waals surface area (Å²) in [6.07, 6.45) is 3.46. The van der Waals surface area contributed by atoms with Crippen molar-refractivity contribution < 1.29 is 9.53 Å². The van der Waals surface area contributed by atoms with Gasteiger partial charge in [0.25, 0.3) is 0 Å². The minimum absolute atomic E-state index is 0.00226. The van der Waals surface area contributed by atoms with Gasteiger partial charge < -0.3 is 9.64 Å². The number of carbonyl (C=O) groups is 1. The zero-order valence-corrected chi connectivity index (χ0v) is 11.6. The number of ether oxygens (including phenoxy) is 1. The van der Waals surface area contributed by atoms with Gasteiger partial charge >= 0.3 is 0 Å². The Bertz CT molecular complexity index is 461. The van der Waals surface area contributed by atoms with Gasteiger partial charge in [0, 0.05) is 19.0 Å². The first-order chi connectivity index (χ1) is 9.20. The van der Waals surface area contributed by atoms with E-state index in [0.717, 1.165) is 25.9 Å². The van der Waals surface area contributed by atoms with Gasteiger partial charge in [-0.3, -0.25) is 4.79 Å². The molecule has 0 aromatic heterocycles. The number of hydrogen-bond donors (Lipinski definition) is 0. The molecule has 3 nitrogen and oxygen atoms in total. The Balaban J connectivity index is 1.88. The van der Waals surface area contributed by atoms with Crippen molar-refractivity contribution in [2.24, 2.45) is 5.92 Å². The number of likely N-dealkylation sites (tertiary alicyclic amines) is 1. The summed E-state index contributed by atoms with van der Waals surface area (Å²) < 4.78 is 5.74. The lowest BCUT2D eigenvalue weighted by atomic mass is 9.99. The fourth-order valence-corrected chi connectivity index (χ4v) is 2.49. The molecule has 1 aromatic carbocycles. The molecular weight excluding hydrogens is 262 g/mol. The van der Waals surface area contributed by atoms with Crippen molar-refractivity contribution >= 4 is 17.5 Å².